The van der Waals surface area contributed by atoms with Crippen LogP contribution in [0.25, 0.3) is 22.4 Å². The van der Waals surface area contributed by atoms with Crippen LogP contribution in [0, 0.1) is 0 Å². The lowest BCUT2D eigenvalue weighted by Crippen LogP contribution is -2.40. The van der Waals surface area contributed by atoms with Gasteiger partial charge < -0.3 is 19.5 Å². The van der Waals surface area contributed by atoms with Crippen LogP contribution in [0.3, 0.4) is 0 Å². The largest absolute Gasteiger partial charge is 0.411 e. The molecule has 2 aromatic heterocycles. The van der Waals surface area contributed by atoms with Crippen molar-refractivity contribution in [2.75, 3.05) is 37.4 Å². The number of anilines is 1. The second-order valence-corrected chi connectivity index (χ2v) is 10.4. The number of aromatic nitrogens is 3. The molecule has 0 aliphatic carbocycles. The standard InChI is InChI=1S/C22H21N5O5S2/c28-20(24-15-5-7-16(8-6-15)34(29,30)27-9-11-31-12-10-27)14-33-22-26-25-21(32-22)18-13-23-19-4-2-1-3-17(18)19/h1-8,13,23H,9-12,14H2,(H,24,28). The molecule has 34 heavy (non-hydrogen) atoms. The van der Waals surface area contributed by atoms with Gasteiger partial charge >= 0.3 is 0 Å². The topological polar surface area (TPSA) is 130 Å². The van der Waals surface area contributed by atoms with Crippen molar-refractivity contribution in [1.82, 2.24) is 19.5 Å². The Morgan fingerprint density at radius 2 is 1.85 bits per heavy atom. The summed E-state index contributed by atoms with van der Waals surface area (Å²) in [5.41, 5.74) is 2.26. The first-order chi connectivity index (χ1) is 16.5. The Bertz CT molecular complexity index is 1410. The monoisotopic (exact) mass is 499 g/mol. The highest BCUT2D eigenvalue weighted by Gasteiger charge is 2.26. The number of carbonyl (C=O) groups is 1. The molecule has 12 heteroatoms. The van der Waals surface area contributed by atoms with E-state index in [1.54, 1.807) is 12.1 Å². The fraction of sp³-hybridized carbons (Fsp3) is 0.227. The summed E-state index contributed by atoms with van der Waals surface area (Å²) in [5, 5.41) is 12.1. The molecule has 4 aromatic rings. The highest BCUT2D eigenvalue weighted by Crippen LogP contribution is 2.29. The van der Waals surface area contributed by atoms with Crippen LogP contribution >= 0.6 is 11.8 Å². The molecule has 1 aliphatic rings. The summed E-state index contributed by atoms with van der Waals surface area (Å²) < 4.78 is 37.7. The highest BCUT2D eigenvalue weighted by molar-refractivity contribution is 7.99. The number of rotatable bonds is 7. The summed E-state index contributed by atoms with van der Waals surface area (Å²) in [4.78, 5) is 15.7. The van der Waals surface area contributed by atoms with Crippen molar-refractivity contribution < 1.29 is 22.4 Å². The minimum atomic E-state index is -3.58. The van der Waals surface area contributed by atoms with E-state index >= 15 is 0 Å². The SMILES string of the molecule is O=C(CSc1nnc(-c2c[nH]c3ccccc23)o1)Nc1ccc(S(=O)(=O)N2CCOCC2)cc1. The Morgan fingerprint density at radius 1 is 1.09 bits per heavy atom. The van der Waals surface area contributed by atoms with E-state index in [9.17, 15) is 13.2 Å². The Balaban J connectivity index is 1.18. The molecular formula is C22H21N5O5S2. The number of carbonyl (C=O) groups excluding carboxylic acids is 1. The number of aromatic amines is 1. The summed E-state index contributed by atoms with van der Waals surface area (Å²) in [7, 11) is -3.58. The van der Waals surface area contributed by atoms with Gasteiger partial charge in [-0.05, 0) is 30.3 Å². The molecule has 5 rings (SSSR count). The van der Waals surface area contributed by atoms with E-state index in [0.717, 1.165) is 28.2 Å². The number of hydrogen-bond acceptors (Lipinski definition) is 8. The van der Waals surface area contributed by atoms with Gasteiger partial charge in [-0.15, -0.1) is 10.2 Å². The predicted octanol–water partition coefficient (Wildman–Crippen LogP) is 2.97. The van der Waals surface area contributed by atoms with Crippen molar-refractivity contribution in [3.05, 3.63) is 54.7 Å². The number of H-pyrrole nitrogens is 1. The van der Waals surface area contributed by atoms with Crippen molar-refractivity contribution in [3.63, 3.8) is 0 Å². The third kappa shape index (κ3) is 4.71. The second-order valence-electron chi connectivity index (χ2n) is 7.50. The van der Waals surface area contributed by atoms with Crippen molar-refractivity contribution >= 4 is 44.3 Å². The lowest BCUT2D eigenvalue weighted by molar-refractivity contribution is -0.113. The highest BCUT2D eigenvalue weighted by atomic mass is 32.2. The Morgan fingerprint density at radius 3 is 2.65 bits per heavy atom. The van der Waals surface area contributed by atoms with Gasteiger partial charge in [-0.2, -0.15) is 4.31 Å². The third-order valence-electron chi connectivity index (χ3n) is 5.30. The number of sulfonamides is 1. The molecule has 0 saturated carbocycles. The van der Waals surface area contributed by atoms with E-state index in [1.807, 2.05) is 30.5 Å². The maximum Gasteiger partial charge on any atom is 0.277 e. The summed E-state index contributed by atoms with van der Waals surface area (Å²) in [5.74, 6) is 0.154. The van der Waals surface area contributed by atoms with Crippen LogP contribution < -0.4 is 5.32 Å². The molecule has 1 aliphatic heterocycles. The number of thioether (sulfide) groups is 1. The third-order valence-corrected chi connectivity index (χ3v) is 8.03. The van der Waals surface area contributed by atoms with Gasteiger partial charge in [0.1, 0.15) is 0 Å². The molecule has 1 saturated heterocycles. The molecule has 0 atom stereocenters. The predicted molar refractivity (Wildman–Crippen MR) is 127 cm³/mol. The second kappa shape index (κ2) is 9.58. The Hall–Kier alpha value is -3.19. The van der Waals surface area contributed by atoms with Gasteiger partial charge in [-0.1, -0.05) is 30.0 Å². The van der Waals surface area contributed by atoms with E-state index in [1.165, 1.54) is 16.4 Å². The zero-order chi connectivity index (χ0) is 23.5. The van der Waals surface area contributed by atoms with Crippen LogP contribution in [0.15, 0.2) is 69.3 Å². The number of morpholine rings is 1. The van der Waals surface area contributed by atoms with Gasteiger partial charge in [-0.3, -0.25) is 4.79 Å². The van der Waals surface area contributed by atoms with Crippen LogP contribution in [0.2, 0.25) is 0 Å². The zero-order valence-corrected chi connectivity index (χ0v) is 19.6. The molecular weight excluding hydrogens is 478 g/mol. The summed E-state index contributed by atoms with van der Waals surface area (Å²) in [6.45, 7) is 1.42. The average molecular weight is 500 g/mol. The first kappa shape index (κ1) is 22.6. The van der Waals surface area contributed by atoms with Gasteiger partial charge in [0.2, 0.25) is 15.9 Å². The van der Waals surface area contributed by atoms with Crippen molar-refractivity contribution in [1.29, 1.82) is 0 Å². The molecule has 1 fully saturated rings. The zero-order valence-electron chi connectivity index (χ0n) is 17.9. The molecule has 1 amide bonds. The molecule has 0 spiro atoms. The summed E-state index contributed by atoms with van der Waals surface area (Å²) in [6, 6.07) is 13.9. The van der Waals surface area contributed by atoms with Crippen LogP contribution in [-0.4, -0.2) is 65.9 Å². The quantitative estimate of drug-likeness (QED) is 0.371. The number of benzene rings is 2. The van der Waals surface area contributed by atoms with Crippen LogP contribution in [0.4, 0.5) is 5.69 Å². The first-order valence-corrected chi connectivity index (χ1v) is 12.9. The van der Waals surface area contributed by atoms with Gasteiger partial charge in [0, 0.05) is 35.9 Å². The average Bonchev–Trinajstić information content (AvgIpc) is 3.51. The minimum Gasteiger partial charge on any atom is -0.411 e. The maximum absolute atomic E-state index is 12.7. The number of para-hydroxylation sites is 1. The van der Waals surface area contributed by atoms with Crippen molar-refractivity contribution in [2.45, 2.75) is 10.1 Å². The Kier molecular flexibility index (Phi) is 6.37. The van der Waals surface area contributed by atoms with Gasteiger partial charge in [0.05, 0.1) is 29.4 Å². The lowest BCUT2D eigenvalue weighted by atomic mass is 10.2. The van der Waals surface area contributed by atoms with E-state index < -0.39 is 10.0 Å². The number of amides is 1. The number of nitrogens with zero attached hydrogens (tertiary/aromatic N) is 3. The molecule has 2 aromatic carbocycles. The first-order valence-electron chi connectivity index (χ1n) is 10.5. The van der Waals surface area contributed by atoms with Gasteiger partial charge in [0.15, 0.2) is 0 Å². The smallest absolute Gasteiger partial charge is 0.277 e. The fourth-order valence-electron chi connectivity index (χ4n) is 3.60. The van der Waals surface area contributed by atoms with E-state index in [-0.39, 0.29) is 21.8 Å². The number of nitrogens with one attached hydrogen (secondary N) is 2. The van der Waals surface area contributed by atoms with E-state index in [0.29, 0.717) is 37.9 Å². The fourth-order valence-corrected chi connectivity index (χ4v) is 5.57. The molecule has 0 bridgehead atoms. The van der Waals surface area contributed by atoms with E-state index in [4.69, 9.17) is 9.15 Å². The summed E-state index contributed by atoms with van der Waals surface area (Å²) >= 11 is 1.12. The van der Waals surface area contributed by atoms with Crippen molar-refractivity contribution in [2.24, 2.45) is 0 Å². The normalized spacial score (nSPS) is 14.9. The maximum atomic E-state index is 12.7. The summed E-state index contributed by atoms with van der Waals surface area (Å²) in [6.07, 6.45) is 1.81. The molecule has 0 radical (unpaired) electrons. The Labute approximate surface area is 199 Å². The molecule has 3 heterocycles. The molecule has 176 valence electrons. The van der Waals surface area contributed by atoms with Crippen LogP contribution in [0.5, 0.6) is 0 Å². The van der Waals surface area contributed by atoms with Crippen molar-refractivity contribution in [3.8, 4) is 11.5 Å². The minimum absolute atomic E-state index is 0.0589. The number of hydrogen-bond donors (Lipinski definition) is 2. The van der Waals surface area contributed by atoms with Gasteiger partial charge in [-0.25, -0.2) is 8.42 Å². The molecule has 10 nitrogen and oxygen atoms in total. The molecule has 2 N–H and O–H groups in total. The van der Waals surface area contributed by atoms with E-state index in [2.05, 4.69) is 20.5 Å². The van der Waals surface area contributed by atoms with Gasteiger partial charge in [0.25, 0.3) is 11.1 Å². The number of fused-ring (bicyclic) bond motifs is 1. The lowest BCUT2D eigenvalue weighted by Gasteiger charge is -2.26. The molecule has 0 unspecified atom stereocenters. The van der Waals surface area contributed by atoms with Crippen LogP contribution in [-0.2, 0) is 19.6 Å². The van der Waals surface area contributed by atoms with Crippen LogP contribution in [0.1, 0.15) is 0 Å². The number of ether oxygens (including phenoxy) is 1.